The lowest BCUT2D eigenvalue weighted by Crippen LogP contribution is -2.40. The van der Waals surface area contributed by atoms with Gasteiger partial charge < -0.3 is 10.2 Å². The number of halogens is 2. The van der Waals surface area contributed by atoms with E-state index in [9.17, 15) is 4.79 Å². The molecule has 5 nitrogen and oxygen atoms in total. The molecule has 1 N–H and O–H groups in total. The van der Waals surface area contributed by atoms with Gasteiger partial charge in [-0.25, -0.2) is 4.98 Å². The molecule has 0 atom stereocenters. The number of aromatic nitrogens is 2. The molecule has 1 amide bonds. The fraction of sp³-hybridized carbons (Fsp3) is 0.353. The van der Waals surface area contributed by atoms with E-state index in [1.165, 1.54) is 0 Å². The summed E-state index contributed by atoms with van der Waals surface area (Å²) in [5, 5.41) is 3.61. The van der Waals surface area contributed by atoms with Crippen LogP contribution in [0.5, 0.6) is 0 Å². The molecule has 1 saturated heterocycles. The summed E-state index contributed by atoms with van der Waals surface area (Å²) < 4.78 is 0.884. The van der Waals surface area contributed by atoms with Crippen molar-refractivity contribution in [2.24, 2.45) is 5.92 Å². The highest BCUT2D eigenvalue weighted by atomic mass is 79.9. The van der Waals surface area contributed by atoms with Crippen LogP contribution < -0.4 is 10.2 Å². The molecule has 7 heteroatoms. The highest BCUT2D eigenvalue weighted by Crippen LogP contribution is 2.29. The minimum Gasteiger partial charge on any atom is -0.356 e. The third-order valence-electron chi connectivity index (χ3n) is 4.14. The molecule has 0 bridgehead atoms. The van der Waals surface area contributed by atoms with E-state index in [1.807, 2.05) is 18.2 Å². The van der Waals surface area contributed by atoms with Crippen LogP contribution in [0.3, 0.4) is 0 Å². The second kappa shape index (κ2) is 7.94. The third-order valence-corrected chi connectivity index (χ3v) is 4.93. The average Bonchev–Trinajstić information content (AvgIpc) is 2.61. The van der Waals surface area contributed by atoms with Gasteiger partial charge in [-0.3, -0.25) is 9.78 Å². The van der Waals surface area contributed by atoms with Gasteiger partial charge in [0.2, 0.25) is 5.91 Å². The molecular weight excluding hydrogens is 392 g/mol. The smallest absolute Gasteiger partial charge is 0.223 e. The van der Waals surface area contributed by atoms with Gasteiger partial charge in [0.15, 0.2) is 0 Å². The van der Waals surface area contributed by atoms with Crippen LogP contribution in [-0.2, 0) is 11.3 Å². The number of carbonyl (C=O) groups excluding carboxylic acids is 1. The van der Waals surface area contributed by atoms with Gasteiger partial charge in [-0.05, 0) is 46.5 Å². The predicted molar refractivity (Wildman–Crippen MR) is 98.0 cm³/mol. The molecule has 0 saturated carbocycles. The summed E-state index contributed by atoms with van der Waals surface area (Å²) in [6.45, 7) is 2.13. The lowest BCUT2D eigenvalue weighted by molar-refractivity contribution is -0.125. The number of hydrogen-bond acceptors (Lipinski definition) is 4. The van der Waals surface area contributed by atoms with E-state index in [0.29, 0.717) is 11.6 Å². The van der Waals surface area contributed by atoms with Crippen LogP contribution in [0.2, 0.25) is 5.02 Å². The molecular formula is C17H18BrClN4O. The maximum absolute atomic E-state index is 12.3. The highest BCUT2D eigenvalue weighted by Gasteiger charge is 2.26. The van der Waals surface area contributed by atoms with Gasteiger partial charge >= 0.3 is 0 Å². The first kappa shape index (κ1) is 17.2. The molecule has 24 heavy (non-hydrogen) atoms. The first-order chi connectivity index (χ1) is 11.6. The topological polar surface area (TPSA) is 58.1 Å². The Morgan fingerprint density at radius 3 is 2.83 bits per heavy atom. The van der Waals surface area contributed by atoms with Crippen molar-refractivity contribution in [3.63, 3.8) is 0 Å². The summed E-state index contributed by atoms with van der Waals surface area (Å²) in [6.07, 6.45) is 6.77. The van der Waals surface area contributed by atoms with Crippen LogP contribution in [0.4, 0.5) is 5.82 Å². The maximum atomic E-state index is 12.3. The number of pyridine rings is 2. The van der Waals surface area contributed by atoms with Gasteiger partial charge in [-0.1, -0.05) is 17.7 Å². The zero-order valence-corrected chi connectivity index (χ0v) is 15.4. The van der Waals surface area contributed by atoms with Crippen molar-refractivity contribution < 1.29 is 4.79 Å². The standard InChI is InChI=1S/C17H18BrClN4O/c18-15-8-14(19)11-21-16(15)23-6-3-13(4-7-23)17(24)22-10-12-2-1-5-20-9-12/h1-2,5,8-9,11,13H,3-4,6-7,10H2,(H,22,24). The van der Waals surface area contributed by atoms with Crippen molar-refractivity contribution in [1.82, 2.24) is 15.3 Å². The molecule has 0 spiro atoms. The molecule has 3 rings (SSSR count). The van der Waals surface area contributed by atoms with Crippen LogP contribution in [0.1, 0.15) is 18.4 Å². The molecule has 2 aromatic rings. The number of hydrogen-bond donors (Lipinski definition) is 1. The van der Waals surface area contributed by atoms with Gasteiger partial charge in [-0.15, -0.1) is 0 Å². The number of nitrogens with zero attached hydrogens (tertiary/aromatic N) is 3. The van der Waals surface area contributed by atoms with E-state index >= 15 is 0 Å². The SMILES string of the molecule is O=C(NCc1cccnc1)C1CCN(c2ncc(Cl)cc2Br)CC1. The Kier molecular flexibility index (Phi) is 5.68. The number of nitrogens with one attached hydrogen (secondary N) is 1. The minimum atomic E-state index is 0.0454. The summed E-state index contributed by atoms with van der Waals surface area (Å²) in [5.74, 6) is 1.04. The Bertz CT molecular complexity index is 705. The highest BCUT2D eigenvalue weighted by molar-refractivity contribution is 9.10. The third kappa shape index (κ3) is 4.24. The molecule has 0 radical (unpaired) electrons. The molecule has 3 heterocycles. The van der Waals surface area contributed by atoms with Crippen molar-refractivity contribution in [3.05, 3.63) is 51.8 Å². The molecule has 1 fully saturated rings. The Morgan fingerprint density at radius 2 is 2.17 bits per heavy atom. The van der Waals surface area contributed by atoms with Gasteiger partial charge in [0, 0.05) is 44.1 Å². The van der Waals surface area contributed by atoms with Crippen LogP contribution in [0, 0.1) is 5.92 Å². The molecule has 0 unspecified atom stereocenters. The Balaban J connectivity index is 1.52. The quantitative estimate of drug-likeness (QED) is 0.840. The number of rotatable bonds is 4. The second-order valence-corrected chi connectivity index (χ2v) is 7.09. The lowest BCUT2D eigenvalue weighted by Gasteiger charge is -2.32. The fourth-order valence-electron chi connectivity index (χ4n) is 2.83. The van der Waals surface area contributed by atoms with Crippen molar-refractivity contribution >= 4 is 39.3 Å². The van der Waals surface area contributed by atoms with Crippen molar-refractivity contribution in [2.45, 2.75) is 19.4 Å². The van der Waals surface area contributed by atoms with E-state index in [1.54, 1.807) is 18.6 Å². The minimum absolute atomic E-state index is 0.0454. The lowest BCUT2D eigenvalue weighted by atomic mass is 9.96. The number of piperidine rings is 1. The largest absolute Gasteiger partial charge is 0.356 e. The van der Waals surface area contributed by atoms with Crippen LogP contribution in [0.25, 0.3) is 0 Å². The van der Waals surface area contributed by atoms with E-state index in [-0.39, 0.29) is 11.8 Å². The van der Waals surface area contributed by atoms with Crippen molar-refractivity contribution in [1.29, 1.82) is 0 Å². The molecule has 126 valence electrons. The fourth-order valence-corrected chi connectivity index (χ4v) is 3.72. The van der Waals surface area contributed by atoms with E-state index in [2.05, 4.69) is 36.1 Å². The zero-order chi connectivity index (χ0) is 16.9. The predicted octanol–water partition coefficient (Wildman–Crippen LogP) is 3.43. The monoisotopic (exact) mass is 408 g/mol. The normalized spacial score (nSPS) is 15.3. The summed E-state index contributed by atoms with van der Waals surface area (Å²) in [4.78, 5) is 23.0. The van der Waals surface area contributed by atoms with Crippen molar-refractivity contribution in [3.8, 4) is 0 Å². The van der Waals surface area contributed by atoms with E-state index in [4.69, 9.17) is 11.6 Å². The summed E-state index contributed by atoms with van der Waals surface area (Å²) >= 11 is 9.44. The first-order valence-electron chi connectivity index (χ1n) is 7.86. The number of anilines is 1. The summed E-state index contributed by atoms with van der Waals surface area (Å²) in [5.41, 5.74) is 1.01. The summed E-state index contributed by atoms with van der Waals surface area (Å²) in [6, 6.07) is 5.67. The second-order valence-electron chi connectivity index (χ2n) is 5.80. The summed E-state index contributed by atoms with van der Waals surface area (Å²) in [7, 11) is 0. The number of carbonyl (C=O) groups is 1. The van der Waals surface area contributed by atoms with Crippen LogP contribution >= 0.6 is 27.5 Å². The molecule has 2 aromatic heterocycles. The Hall–Kier alpha value is -1.66. The van der Waals surface area contributed by atoms with Crippen molar-refractivity contribution in [2.75, 3.05) is 18.0 Å². The molecule has 1 aliphatic heterocycles. The van der Waals surface area contributed by atoms with E-state index in [0.717, 1.165) is 41.8 Å². The first-order valence-corrected chi connectivity index (χ1v) is 9.03. The van der Waals surface area contributed by atoms with Crippen LogP contribution in [-0.4, -0.2) is 29.0 Å². The molecule has 0 aliphatic carbocycles. The Morgan fingerprint density at radius 1 is 1.38 bits per heavy atom. The zero-order valence-electron chi connectivity index (χ0n) is 13.1. The Labute approximate surface area is 154 Å². The van der Waals surface area contributed by atoms with Gasteiger partial charge in [0.05, 0.1) is 9.50 Å². The molecule has 0 aromatic carbocycles. The van der Waals surface area contributed by atoms with Gasteiger partial charge in [0.25, 0.3) is 0 Å². The van der Waals surface area contributed by atoms with Crippen LogP contribution in [0.15, 0.2) is 41.3 Å². The average molecular weight is 410 g/mol. The number of amides is 1. The van der Waals surface area contributed by atoms with E-state index < -0.39 is 0 Å². The maximum Gasteiger partial charge on any atom is 0.223 e. The molecule has 1 aliphatic rings. The van der Waals surface area contributed by atoms with Gasteiger partial charge in [-0.2, -0.15) is 0 Å². The van der Waals surface area contributed by atoms with Gasteiger partial charge in [0.1, 0.15) is 5.82 Å².